The second kappa shape index (κ2) is 7.43. The van der Waals surface area contributed by atoms with Gasteiger partial charge in [-0.2, -0.15) is 0 Å². The number of aliphatic hydroxyl groups is 1. The maximum absolute atomic E-state index is 9.65. The summed E-state index contributed by atoms with van der Waals surface area (Å²) in [5, 5.41) is 9.65. The van der Waals surface area contributed by atoms with Gasteiger partial charge in [-0.05, 0) is 66.4 Å². The molecule has 0 radical (unpaired) electrons. The molecule has 0 saturated carbocycles. The first kappa shape index (κ1) is 15.8. The van der Waals surface area contributed by atoms with E-state index < -0.39 is 0 Å². The van der Waals surface area contributed by atoms with Crippen molar-refractivity contribution in [2.75, 3.05) is 13.7 Å². The van der Waals surface area contributed by atoms with Crippen molar-refractivity contribution in [3.05, 3.63) is 28.2 Å². The average Bonchev–Trinajstić information content (AvgIpc) is 2.41. The minimum atomic E-state index is -0.219. The molecule has 0 amide bonds. The number of hydrogen-bond donors (Lipinski definition) is 1. The summed E-state index contributed by atoms with van der Waals surface area (Å²) in [6.07, 6.45) is 4.39. The Hall–Kier alpha value is -0.580. The van der Waals surface area contributed by atoms with Gasteiger partial charge in [0.05, 0.1) is 17.7 Å². The maximum atomic E-state index is 9.65. The summed E-state index contributed by atoms with van der Waals surface area (Å²) in [5.74, 6) is 0.868. The van der Waals surface area contributed by atoms with Gasteiger partial charge in [0.2, 0.25) is 0 Å². The van der Waals surface area contributed by atoms with Crippen LogP contribution in [0.4, 0.5) is 0 Å². The Kier molecular flexibility index (Phi) is 5.87. The molecule has 1 fully saturated rings. The quantitative estimate of drug-likeness (QED) is 0.888. The van der Waals surface area contributed by atoms with Crippen LogP contribution in [-0.4, -0.2) is 35.8 Å². The zero-order valence-electron chi connectivity index (χ0n) is 12.3. The van der Waals surface area contributed by atoms with E-state index in [4.69, 9.17) is 4.74 Å². The van der Waals surface area contributed by atoms with Gasteiger partial charge >= 0.3 is 0 Å². The lowest BCUT2D eigenvalue weighted by molar-refractivity contribution is 0.0817. The van der Waals surface area contributed by atoms with Gasteiger partial charge in [0.1, 0.15) is 5.75 Å². The zero-order valence-corrected chi connectivity index (χ0v) is 13.9. The molecule has 1 aromatic rings. The molecule has 1 aromatic carbocycles. The third-order valence-corrected chi connectivity index (χ3v) is 4.58. The molecular weight excluding hydrogens is 318 g/mol. The molecule has 1 N–H and O–H groups in total. The summed E-state index contributed by atoms with van der Waals surface area (Å²) < 4.78 is 6.27. The lowest BCUT2D eigenvalue weighted by Gasteiger charge is -2.36. The van der Waals surface area contributed by atoms with Crippen LogP contribution in [0.25, 0.3) is 0 Å². The van der Waals surface area contributed by atoms with Gasteiger partial charge in [-0.1, -0.05) is 12.5 Å². The number of benzene rings is 1. The highest BCUT2D eigenvalue weighted by Crippen LogP contribution is 2.28. The second-order valence-electron chi connectivity index (χ2n) is 5.67. The third-order valence-electron chi connectivity index (χ3n) is 3.96. The number of likely N-dealkylation sites (tertiary alicyclic amines) is 1. The number of halogens is 1. The molecule has 0 aromatic heterocycles. The molecule has 4 heteroatoms. The van der Waals surface area contributed by atoms with Crippen molar-refractivity contribution in [1.29, 1.82) is 0 Å². The van der Waals surface area contributed by atoms with E-state index in [0.29, 0.717) is 6.04 Å². The van der Waals surface area contributed by atoms with Crippen LogP contribution in [0.1, 0.15) is 38.2 Å². The fourth-order valence-electron chi connectivity index (χ4n) is 2.97. The first-order valence-corrected chi connectivity index (χ1v) is 8.14. The van der Waals surface area contributed by atoms with Crippen molar-refractivity contribution < 1.29 is 9.84 Å². The fraction of sp³-hybridized carbons (Fsp3) is 0.625. The van der Waals surface area contributed by atoms with Gasteiger partial charge in [0, 0.05) is 12.6 Å². The van der Waals surface area contributed by atoms with Crippen LogP contribution in [0.2, 0.25) is 0 Å². The Bertz CT molecular complexity index is 436. The number of methoxy groups -OCH3 is 1. The van der Waals surface area contributed by atoms with E-state index in [2.05, 4.69) is 33.0 Å². The minimum absolute atomic E-state index is 0.219. The highest BCUT2D eigenvalue weighted by atomic mass is 79.9. The SMILES string of the molecule is COc1ccc(CN2CCCCC2CC(C)O)cc1Br. The first-order valence-electron chi connectivity index (χ1n) is 7.34. The van der Waals surface area contributed by atoms with E-state index in [9.17, 15) is 5.11 Å². The van der Waals surface area contributed by atoms with Crippen LogP contribution in [0, 0.1) is 0 Å². The van der Waals surface area contributed by atoms with E-state index in [-0.39, 0.29) is 6.10 Å². The molecule has 2 rings (SSSR count). The Morgan fingerprint density at radius 1 is 1.45 bits per heavy atom. The molecule has 1 aliphatic rings. The number of hydrogen-bond acceptors (Lipinski definition) is 3. The summed E-state index contributed by atoms with van der Waals surface area (Å²) in [4.78, 5) is 2.50. The molecule has 2 unspecified atom stereocenters. The fourth-order valence-corrected chi connectivity index (χ4v) is 3.56. The largest absolute Gasteiger partial charge is 0.496 e. The van der Waals surface area contributed by atoms with Gasteiger partial charge in [0.25, 0.3) is 0 Å². The minimum Gasteiger partial charge on any atom is -0.496 e. The van der Waals surface area contributed by atoms with Crippen molar-refractivity contribution in [3.63, 3.8) is 0 Å². The monoisotopic (exact) mass is 341 g/mol. The van der Waals surface area contributed by atoms with Gasteiger partial charge in [-0.15, -0.1) is 0 Å². The van der Waals surface area contributed by atoms with Crippen LogP contribution in [0.3, 0.4) is 0 Å². The summed E-state index contributed by atoms with van der Waals surface area (Å²) in [6, 6.07) is 6.77. The summed E-state index contributed by atoms with van der Waals surface area (Å²) in [7, 11) is 1.68. The molecule has 2 atom stereocenters. The zero-order chi connectivity index (χ0) is 14.5. The first-order chi connectivity index (χ1) is 9.60. The highest BCUT2D eigenvalue weighted by Gasteiger charge is 2.23. The molecular formula is C16H24BrNO2. The lowest BCUT2D eigenvalue weighted by atomic mass is 9.96. The van der Waals surface area contributed by atoms with E-state index in [1.807, 2.05) is 13.0 Å². The number of nitrogens with zero attached hydrogens (tertiary/aromatic N) is 1. The van der Waals surface area contributed by atoms with Crippen LogP contribution in [-0.2, 0) is 6.54 Å². The molecule has 1 aliphatic heterocycles. The summed E-state index contributed by atoms with van der Waals surface area (Å²) >= 11 is 3.54. The van der Waals surface area contributed by atoms with Gasteiger partial charge in [-0.3, -0.25) is 4.90 Å². The average molecular weight is 342 g/mol. The smallest absolute Gasteiger partial charge is 0.133 e. The normalized spacial score (nSPS) is 21.7. The van der Waals surface area contributed by atoms with Crippen molar-refractivity contribution in [2.24, 2.45) is 0 Å². The summed E-state index contributed by atoms with van der Waals surface area (Å²) in [6.45, 7) is 3.96. The van der Waals surface area contributed by atoms with Crippen molar-refractivity contribution in [1.82, 2.24) is 4.90 Å². The molecule has 0 spiro atoms. The van der Waals surface area contributed by atoms with Crippen molar-refractivity contribution >= 4 is 15.9 Å². The van der Waals surface area contributed by atoms with Gasteiger partial charge in [0.15, 0.2) is 0 Å². The van der Waals surface area contributed by atoms with Gasteiger partial charge < -0.3 is 9.84 Å². The predicted molar refractivity (Wildman–Crippen MR) is 85.0 cm³/mol. The van der Waals surface area contributed by atoms with E-state index >= 15 is 0 Å². The van der Waals surface area contributed by atoms with E-state index in [1.54, 1.807) is 7.11 Å². The van der Waals surface area contributed by atoms with Crippen LogP contribution < -0.4 is 4.74 Å². The standard InChI is InChI=1S/C16H24BrNO2/c1-12(19)9-14-5-3-4-8-18(14)11-13-6-7-16(20-2)15(17)10-13/h6-7,10,12,14,19H,3-5,8-9,11H2,1-2H3. The number of rotatable bonds is 5. The molecule has 1 saturated heterocycles. The Morgan fingerprint density at radius 2 is 2.25 bits per heavy atom. The van der Waals surface area contributed by atoms with Gasteiger partial charge in [-0.25, -0.2) is 0 Å². The van der Waals surface area contributed by atoms with Crippen LogP contribution in [0.15, 0.2) is 22.7 Å². The predicted octanol–water partition coefficient (Wildman–Crippen LogP) is 3.58. The van der Waals surface area contributed by atoms with Crippen molar-refractivity contribution in [2.45, 2.75) is 51.3 Å². The lowest BCUT2D eigenvalue weighted by Crippen LogP contribution is -2.40. The number of aliphatic hydroxyl groups excluding tert-OH is 1. The molecule has 112 valence electrons. The maximum Gasteiger partial charge on any atom is 0.133 e. The highest BCUT2D eigenvalue weighted by molar-refractivity contribution is 9.10. The van der Waals surface area contributed by atoms with Crippen LogP contribution in [0.5, 0.6) is 5.75 Å². The molecule has 0 aliphatic carbocycles. The van der Waals surface area contributed by atoms with Crippen molar-refractivity contribution in [3.8, 4) is 5.75 Å². The molecule has 3 nitrogen and oxygen atoms in total. The summed E-state index contributed by atoms with van der Waals surface area (Å²) in [5.41, 5.74) is 1.29. The topological polar surface area (TPSA) is 32.7 Å². The Balaban J connectivity index is 2.04. The second-order valence-corrected chi connectivity index (χ2v) is 6.53. The number of ether oxygens (including phenoxy) is 1. The number of piperidine rings is 1. The van der Waals surface area contributed by atoms with E-state index in [1.165, 1.54) is 24.8 Å². The Labute approximate surface area is 130 Å². The van der Waals surface area contributed by atoms with Crippen LogP contribution >= 0.6 is 15.9 Å². The third kappa shape index (κ3) is 4.21. The molecule has 20 heavy (non-hydrogen) atoms. The molecule has 0 bridgehead atoms. The van der Waals surface area contributed by atoms with E-state index in [0.717, 1.165) is 29.7 Å². The Morgan fingerprint density at radius 3 is 2.90 bits per heavy atom. The molecule has 1 heterocycles.